The number of carbonyl (C=O) groups is 1. The fraction of sp³-hybridized carbons (Fsp3) is 0.364. The van der Waals surface area contributed by atoms with Gasteiger partial charge in [0.1, 0.15) is 5.82 Å². The predicted octanol–water partition coefficient (Wildman–Crippen LogP) is 1.63. The van der Waals surface area contributed by atoms with Gasteiger partial charge in [-0.25, -0.2) is 4.39 Å². The van der Waals surface area contributed by atoms with Gasteiger partial charge in [0, 0.05) is 18.2 Å². The highest BCUT2D eigenvalue weighted by molar-refractivity contribution is 5.95. The third kappa shape index (κ3) is 3.79. The zero-order valence-electron chi connectivity index (χ0n) is 9.29. The summed E-state index contributed by atoms with van der Waals surface area (Å²) in [7, 11) is 0. The van der Waals surface area contributed by atoms with Crippen LogP contribution in [0, 0.1) is 12.7 Å². The second-order valence-electron chi connectivity index (χ2n) is 3.57. The van der Waals surface area contributed by atoms with Gasteiger partial charge in [0.05, 0.1) is 0 Å². The van der Waals surface area contributed by atoms with E-state index in [0.29, 0.717) is 12.1 Å². The number of nitrogens with two attached hydrogens (primary N) is 1. The molecular weight excluding hydrogens is 231 g/mol. The van der Waals surface area contributed by atoms with Crippen LogP contribution in [0.3, 0.4) is 0 Å². The van der Waals surface area contributed by atoms with E-state index >= 15 is 0 Å². The van der Waals surface area contributed by atoms with E-state index in [2.05, 4.69) is 5.32 Å². The summed E-state index contributed by atoms with van der Waals surface area (Å²) >= 11 is 0. The maximum absolute atomic E-state index is 12.9. The molecule has 0 aliphatic heterocycles. The Morgan fingerprint density at radius 1 is 1.56 bits per heavy atom. The van der Waals surface area contributed by atoms with Crippen LogP contribution in [-0.4, -0.2) is 18.5 Å². The second kappa shape index (κ2) is 6.45. The van der Waals surface area contributed by atoms with Crippen LogP contribution in [0.5, 0.6) is 0 Å². The molecule has 16 heavy (non-hydrogen) atoms. The largest absolute Gasteiger partial charge is 0.348 e. The summed E-state index contributed by atoms with van der Waals surface area (Å²) in [5, 5.41) is 2.68. The topological polar surface area (TPSA) is 55.1 Å². The van der Waals surface area contributed by atoms with E-state index in [1.165, 1.54) is 12.1 Å². The van der Waals surface area contributed by atoms with Crippen molar-refractivity contribution < 1.29 is 9.18 Å². The van der Waals surface area contributed by atoms with Gasteiger partial charge in [0.25, 0.3) is 5.91 Å². The average Bonchev–Trinajstić information content (AvgIpc) is 2.21. The Balaban J connectivity index is 0.00000225. The number of aryl methyl sites for hydroxylation is 1. The second-order valence-corrected chi connectivity index (χ2v) is 3.57. The highest BCUT2D eigenvalue weighted by Crippen LogP contribution is 2.10. The van der Waals surface area contributed by atoms with Crippen molar-refractivity contribution in [2.45, 2.75) is 19.9 Å². The van der Waals surface area contributed by atoms with E-state index in [0.717, 1.165) is 5.56 Å². The lowest BCUT2D eigenvalue weighted by atomic mass is 10.1. The van der Waals surface area contributed by atoms with Crippen LogP contribution in [0.2, 0.25) is 0 Å². The van der Waals surface area contributed by atoms with E-state index in [-0.39, 0.29) is 24.4 Å². The Kier molecular flexibility index (Phi) is 6.00. The molecule has 1 rings (SSSR count). The van der Waals surface area contributed by atoms with Gasteiger partial charge in [-0.2, -0.15) is 0 Å². The van der Waals surface area contributed by atoms with Gasteiger partial charge < -0.3 is 11.1 Å². The lowest BCUT2D eigenvalue weighted by Crippen LogP contribution is -2.38. The van der Waals surface area contributed by atoms with Crippen molar-refractivity contribution in [3.63, 3.8) is 0 Å². The SMILES string of the molecule is Cc1ccc(F)cc1C(=O)N[C@H](C)CN.Cl. The summed E-state index contributed by atoms with van der Waals surface area (Å²) in [6.07, 6.45) is 0. The number of rotatable bonds is 3. The molecular formula is C11H16ClFN2O. The van der Waals surface area contributed by atoms with Gasteiger partial charge in [0.15, 0.2) is 0 Å². The number of benzene rings is 1. The minimum atomic E-state index is -0.411. The van der Waals surface area contributed by atoms with Crippen molar-refractivity contribution in [1.82, 2.24) is 5.32 Å². The van der Waals surface area contributed by atoms with Crippen molar-refractivity contribution in [2.24, 2.45) is 5.73 Å². The van der Waals surface area contributed by atoms with Crippen LogP contribution in [-0.2, 0) is 0 Å². The lowest BCUT2D eigenvalue weighted by Gasteiger charge is -2.12. The molecule has 0 aliphatic carbocycles. The van der Waals surface area contributed by atoms with Crippen LogP contribution < -0.4 is 11.1 Å². The van der Waals surface area contributed by atoms with Crippen molar-refractivity contribution in [3.05, 3.63) is 35.1 Å². The van der Waals surface area contributed by atoms with Crippen molar-refractivity contribution in [2.75, 3.05) is 6.54 Å². The molecule has 0 saturated carbocycles. The number of carbonyl (C=O) groups excluding carboxylic acids is 1. The normalized spacial score (nSPS) is 11.5. The van der Waals surface area contributed by atoms with Gasteiger partial charge in [-0.05, 0) is 31.5 Å². The molecule has 0 fully saturated rings. The highest BCUT2D eigenvalue weighted by Gasteiger charge is 2.11. The van der Waals surface area contributed by atoms with Crippen molar-refractivity contribution >= 4 is 18.3 Å². The van der Waals surface area contributed by atoms with E-state index in [4.69, 9.17) is 5.73 Å². The van der Waals surface area contributed by atoms with E-state index in [1.807, 2.05) is 0 Å². The monoisotopic (exact) mass is 246 g/mol. The summed E-state index contributed by atoms with van der Waals surface area (Å²) in [5.41, 5.74) is 6.48. The summed E-state index contributed by atoms with van der Waals surface area (Å²) in [6, 6.07) is 4.03. The zero-order chi connectivity index (χ0) is 11.4. The van der Waals surface area contributed by atoms with E-state index in [1.54, 1.807) is 19.9 Å². The first-order valence-corrected chi connectivity index (χ1v) is 4.81. The van der Waals surface area contributed by atoms with Crippen LogP contribution >= 0.6 is 12.4 Å². The maximum Gasteiger partial charge on any atom is 0.251 e. The summed E-state index contributed by atoms with van der Waals surface area (Å²) < 4.78 is 12.9. The Labute approximate surface area is 101 Å². The number of hydrogen-bond donors (Lipinski definition) is 2. The van der Waals surface area contributed by atoms with Crippen LogP contribution in [0.25, 0.3) is 0 Å². The Hall–Kier alpha value is -1.13. The van der Waals surface area contributed by atoms with Gasteiger partial charge in [-0.3, -0.25) is 4.79 Å². The fourth-order valence-corrected chi connectivity index (χ4v) is 1.20. The molecule has 1 aromatic carbocycles. The summed E-state index contributed by atoms with van der Waals surface area (Å²) in [6.45, 7) is 3.92. The van der Waals surface area contributed by atoms with Crippen molar-refractivity contribution in [3.8, 4) is 0 Å². The molecule has 0 heterocycles. The number of hydrogen-bond acceptors (Lipinski definition) is 2. The Morgan fingerprint density at radius 3 is 2.75 bits per heavy atom. The van der Waals surface area contributed by atoms with Gasteiger partial charge >= 0.3 is 0 Å². The smallest absolute Gasteiger partial charge is 0.251 e. The molecule has 0 unspecified atom stereocenters. The Bertz CT molecular complexity index is 371. The standard InChI is InChI=1S/C11H15FN2O.ClH/c1-7-3-4-9(12)5-10(7)11(15)14-8(2)6-13;/h3-5,8H,6,13H2,1-2H3,(H,14,15);1H/t8-;/m1./s1. The first-order valence-electron chi connectivity index (χ1n) is 4.81. The van der Waals surface area contributed by atoms with E-state index in [9.17, 15) is 9.18 Å². The predicted molar refractivity (Wildman–Crippen MR) is 64.4 cm³/mol. The third-order valence-electron chi connectivity index (χ3n) is 2.18. The minimum absolute atomic E-state index is 0. The maximum atomic E-state index is 12.9. The third-order valence-corrected chi connectivity index (χ3v) is 2.18. The van der Waals surface area contributed by atoms with Crippen LogP contribution in [0.4, 0.5) is 4.39 Å². The molecule has 5 heteroatoms. The molecule has 0 spiro atoms. The quantitative estimate of drug-likeness (QED) is 0.852. The first-order chi connectivity index (χ1) is 7.04. The molecule has 1 amide bonds. The van der Waals surface area contributed by atoms with Crippen LogP contribution in [0.1, 0.15) is 22.8 Å². The van der Waals surface area contributed by atoms with Gasteiger partial charge in [0.2, 0.25) is 0 Å². The average molecular weight is 247 g/mol. The fourth-order valence-electron chi connectivity index (χ4n) is 1.20. The number of amides is 1. The molecule has 3 nitrogen and oxygen atoms in total. The van der Waals surface area contributed by atoms with Gasteiger partial charge in [-0.15, -0.1) is 12.4 Å². The lowest BCUT2D eigenvalue weighted by molar-refractivity contribution is 0.0940. The molecule has 90 valence electrons. The van der Waals surface area contributed by atoms with E-state index < -0.39 is 5.82 Å². The summed E-state index contributed by atoms with van der Waals surface area (Å²) in [5.74, 6) is -0.698. The number of nitrogens with one attached hydrogen (secondary N) is 1. The molecule has 0 saturated heterocycles. The molecule has 0 radical (unpaired) electrons. The molecule has 3 N–H and O–H groups in total. The number of halogens is 2. The summed E-state index contributed by atoms with van der Waals surface area (Å²) in [4.78, 5) is 11.7. The van der Waals surface area contributed by atoms with Crippen molar-refractivity contribution in [1.29, 1.82) is 0 Å². The zero-order valence-corrected chi connectivity index (χ0v) is 10.1. The molecule has 0 bridgehead atoms. The molecule has 1 aromatic rings. The van der Waals surface area contributed by atoms with Gasteiger partial charge in [-0.1, -0.05) is 6.07 Å². The Morgan fingerprint density at radius 2 is 2.19 bits per heavy atom. The molecule has 0 aromatic heterocycles. The van der Waals surface area contributed by atoms with Crippen LogP contribution in [0.15, 0.2) is 18.2 Å². The molecule has 0 aliphatic rings. The first kappa shape index (κ1) is 14.9. The highest BCUT2D eigenvalue weighted by atomic mass is 35.5. The minimum Gasteiger partial charge on any atom is -0.348 e. The molecule has 1 atom stereocenters.